The Morgan fingerprint density at radius 3 is 2.55 bits per heavy atom. The molecule has 0 atom stereocenters. The molecule has 0 saturated carbocycles. The van der Waals surface area contributed by atoms with E-state index in [0.29, 0.717) is 18.9 Å². The third-order valence-corrected chi connectivity index (χ3v) is 3.85. The molecule has 0 radical (unpaired) electrons. The normalized spacial score (nSPS) is 11.0. The molecule has 0 fully saturated rings. The van der Waals surface area contributed by atoms with E-state index in [9.17, 15) is 4.79 Å². The van der Waals surface area contributed by atoms with Crippen molar-refractivity contribution in [1.82, 2.24) is 15.1 Å². The van der Waals surface area contributed by atoms with Crippen LogP contribution in [0.3, 0.4) is 0 Å². The average Bonchev–Trinajstić information content (AvgIpc) is 2.79. The van der Waals surface area contributed by atoms with Gasteiger partial charge in [0.25, 0.3) is 0 Å². The molecule has 4 heteroatoms. The molecule has 0 unspecified atom stereocenters. The van der Waals surface area contributed by atoms with Gasteiger partial charge in [-0.25, -0.2) is 4.68 Å². The van der Waals surface area contributed by atoms with Crippen molar-refractivity contribution in [2.75, 3.05) is 0 Å². The van der Waals surface area contributed by atoms with Crippen LogP contribution in [-0.4, -0.2) is 15.7 Å². The fraction of sp³-hybridized carbons (Fsp3) is 0.444. The summed E-state index contributed by atoms with van der Waals surface area (Å²) in [5.74, 6) is 0.662. The van der Waals surface area contributed by atoms with Crippen LogP contribution in [0.1, 0.15) is 43.6 Å². The quantitative estimate of drug-likeness (QED) is 0.887. The zero-order chi connectivity index (χ0) is 16.1. The van der Waals surface area contributed by atoms with Crippen molar-refractivity contribution in [3.05, 3.63) is 47.3 Å². The van der Waals surface area contributed by atoms with Crippen LogP contribution < -0.4 is 5.32 Å². The first-order valence-electron chi connectivity index (χ1n) is 7.86. The van der Waals surface area contributed by atoms with E-state index < -0.39 is 0 Å². The van der Waals surface area contributed by atoms with Crippen molar-refractivity contribution < 1.29 is 4.79 Å². The minimum Gasteiger partial charge on any atom is -0.352 e. The van der Waals surface area contributed by atoms with Crippen LogP contribution >= 0.6 is 0 Å². The summed E-state index contributed by atoms with van der Waals surface area (Å²) in [6.07, 6.45) is 1.51. The maximum absolute atomic E-state index is 11.9. The number of amides is 1. The Kier molecular flexibility index (Phi) is 5.36. The zero-order valence-corrected chi connectivity index (χ0v) is 13.9. The van der Waals surface area contributed by atoms with Crippen LogP contribution in [0.2, 0.25) is 0 Å². The van der Waals surface area contributed by atoms with E-state index in [-0.39, 0.29) is 5.91 Å². The topological polar surface area (TPSA) is 46.9 Å². The fourth-order valence-electron chi connectivity index (χ4n) is 2.45. The molecule has 118 valence electrons. The van der Waals surface area contributed by atoms with Gasteiger partial charge in [-0.15, -0.1) is 0 Å². The lowest BCUT2D eigenvalue weighted by atomic mass is 10.1. The SMILES string of the molecule is Cc1nn(-c2ccccc2)c(C)c1CNC(=O)CCC(C)C. The first-order valence-corrected chi connectivity index (χ1v) is 7.86. The molecule has 0 aliphatic carbocycles. The molecule has 2 aromatic rings. The summed E-state index contributed by atoms with van der Waals surface area (Å²) in [4.78, 5) is 11.9. The summed E-state index contributed by atoms with van der Waals surface area (Å²) in [6.45, 7) is 8.84. The molecule has 2 rings (SSSR count). The zero-order valence-electron chi connectivity index (χ0n) is 13.9. The van der Waals surface area contributed by atoms with Gasteiger partial charge in [0, 0.05) is 24.2 Å². The second-order valence-electron chi connectivity index (χ2n) is 6.11. The average molecular weight is 299 g/mol. The molecule has 0 aliphatic heterocycles. The monoisotopic (exact) mass is 299 g/mol. The summed E-state index contributed by atoms with van der Waals surface area (Å²) >= 11 is 0. The second-order valence-corrected chi connectivity index (χ2v) is 6.11. The van der Waals surface area contributed by atoms with Crippen LogP contribution in [0.25, 0.3) is 5.69 Å². The van der Waals surface area contributed by atoms with Crippen molar-refractivity contribution in [1.29, 1.82) is 0 Å². The van der Waals surface area contributed by atoms with E-state index in [0.717, 1.165) is 29.1 Å². The Labute approximate surface area is 132 Å². The lowest BCUT2D eigenvalue weighted by Gasteiger charge is -2.08. The predicted octanol–water partition coefficient (Wildman–Crippen LogP) is 3.54. The van der Waals surface area contributed by atoms with Gasteiger partial charge in [0.05, 0.1) is 11.4 Å². The number of hydrogen-bond acceptors (Lipinski definition) is 2. The third kappa shape index (κ3) is 3.97. The standard InChI is InChI=1S/C18H25N3O/c1-13(2)10-11-18(22)19-12-17-14(3)20-21(15(17)4)16-8-6-5-7-9-16/h5-9,13H,10-12H2,1-4H3,(H,19,22). The number of aryl methyl sites for hydroxylation is 1. The molecule has 4 nitrogen and oxygen atoms in total. The molecule has 22 heavy (non-hydrogen) atoms. The molecule has 1 N–H and O–H groups in total. The van der Waals surface area contributed by atoms with E-state index >= 15 is 0 Å². The van der Waals surface area contributed by atoms with E-state index in [4.69, 9.17) is 0 Å². The Hall–Kier alpha value is -2.10. The Balaban J connectivity index is 2.06. The van der Waals surface area contributed by atoms with E-state index in [1.54, 1.807) is 0 Å². The van der Waals surface area contributed by atoms with Crippen LogP contribution in [0.4, 0.5) is 0 Å². The van der Waals surface area contributed by atoms with Crippen molar-refractivity contribution in [3.63, 3.8) is 0 Å². The van der Waals surface area contributed by atoms with Gasteiger partial charge < -0.3 is 5.32 Å². The summed E-state index contributed by atoms with van der Waals surface area (Å²) in [7, 11) is 0. The highest BCUT2D eigenvalue weighted by Gasteiger charge is 2.13. The molecular weight excluding hydrogens is 274 g/mol. The third-order valence-electron chi connectivity index (χ3n) is 3.85. The number of benzene rings is 1. The number of para-hydroxylation sites is 1. The summed E-state index contributed by atoms with van der Waals surface area (Å²) < 4.78 is 1.94. The highest BCUT2D eigenvalue weighted by molar-refractivity contribution is 5.75. The number of nitrogens with zero attached hydrogens (tertiary/aromatic N) is 2. The van der Waals surface area contributed by atoms with E-state index in [2.05, 4.69) is 24.3 Å². The molecule has 0 bridgehead atoms. The highest BCUT2D eigenvalue weighted by Crippen LogP contribution is 2.17. The smallest absolute Gasteiger partial charge is 0.220 e. The maximum atomic E-state index is 11.9. The maximum Gasteiger partial charge on any atom is 0.220 e. The fourth-order valence-corrected chi connectivity index (χ4v) is 2.45. The van der Waals surface area contributed by atoms with Gasteiger partial charge >= 0.3 is 0 Å². The Morgan fingerprint density at radius 2 is 1.91 bits per heavy atom. The number of rotatable bonds is 6. The summed E-state index contributed by atoms with van der Waals surface area (Å²) in [6, 6.07) is 10.1. The van der Waals surface area contributed by atoms with Gasteiger partial charge in [0.1, 0.15) is 0 Å². The van der Waals surface area contributed by atoms with Gasteiger partial charge in [0.15, 0.2) is 0 Å². The number of carbonyl (C=O) groups is 1. The van der Waals surface area contributed by atoms with Crippen molar-refractivity contribution >= 4 is 5.91 Å². The van der Waals surface area contributed by atoms with Crippen LogP contribution in [0.5, 0.6) is 0 Å². The van der Waals surface area contributed by atoms with Crippen LogP contribution in [0.15, 0.2) is 30.3 Å². The second kappa shape index (κ2) is 7.25. The first-order chi connectivity index (χ1) is 10.5. The largest absolute Gasteiger partial charge is 0.352 e. The van der Waals surface area contributed by atoms with Gasteiger partial charge in [-0.1, -0.05) is 32.0 Å². The molecule has 1 aromatic carbocycles. The van der Waals surface area contributed by atoms with Crippen LogP contribution in [0, 0.1) is 19.8 Å². The number of aromatic nitrogens is 2. The number of hydrogen-bond donors (Lipinski definition) is 1. The van der Waals surface area contributed by atoms with E-state index in [1.807, 2.05) is 48.9 Å². The minimum absolute atomic E-state index is 0.111. The van der Waals surface area contributed by atoms with Gasteiger partial charge in [0.2, 0.25) is 5.91 Å². The lowest BCUT2D eigenvalue weighted by molar-refractivity contribution is -0.121. The molecule has 0 spiro atoms. The molecule has 0 aliphatic rings. The number of carbonyl (C=O) groups excluding carboxylic acids is 1. The van der Waals surface area contributed by atoms with Gasteiger partial charge in [-0.05, 0) is 38.3 Å². The Bertz CT molecular complexity index is 629. The number of nitrogens with one attached hydrogen (secondary N) is 1. The van der Waals surface area contributed by atoms with Crippen LogP contribution in [-0.2, 0) is 11.3 Å². The van der Waals surface area contributed by atoms with Gasteiger partial charge in [-0.2, -0.15) is 5.10 Å². The highest BCUT2D eigenvalue weighted by atomic mass is 16.1. The predicted molar refractivity (Wildman–Crippen MR) is 89.0 cm³/mol. The molecule has 1 heterocycles. The molecule has 1 aromatic heterocycles. The summed E-state index contributed by atoms with van der Waals surface area (Å²) in [5.41, 5.74) is 4.18. The van der Waals surface area contributed by atoms with Crippen molar-refractivity contribution in [2.45, 2.75) is 47.1 Å². The molecule has 0 saturated heterocycles. The first kappa shape index (κ1) is 16.3. The Morgan fingerprint density at radius 1 is 1.23 bits per heavy atom. The van der Waals surface area contributed by atoms with Crippen molar-refractivity contribution in [3.8, 4) is 5.69 Å². The van der Waals surface area contributed by atoms with Crippen molar-refractivity contribution in [2.24, 2.45) is 5.92 Å². The van der Waals surface area contributed by atoms with E-state index in [1.165, 1.54) is 0 Å². The molecular formula is C18H25N3O. The molecule has 1 amide bonds. The summed E-state index contributed by atoms with van der Waals surface area (Å²) in [5, 5.41) is 7.61. The lowest BCUT2D eigenvalue weighted by Crippen LogP contribution is -2.23. The minimum atomic E-state index is 0.111. The van der Waals surface area contributed by atoms with Gasteiger partial charge in [-0.3, -0.25) is 4.79 Å².